The number of thiazole rings is 1. The fourth-order valence-electron chi connectivity index (χ4n) is 2.50. The Morgan fingerprint density at radius 3 is 2.69 bits per heavy atom. The largest absolute Gasteiger partial charge is 0.356 e. The molecule has 2 N–H and O–H groups in total. The molecule has 0 fully saturated rings. The van der Waals surface area contributed by atoms with Gasteiger partial charge in [0.25, 0.3) is 0 Å². The molecular formula is C19H30IN5S. The Kier molecular flexibility index (Phi) is 10.8. The summed E-state index contributed by atoms with van der Waals surface area (Å²) in [5.74, 6) is 0.822. The summed E-state index contributed by atoms with van der Waals surface area (Å²) in [4.78, 5) is 11.1. The third-order valence-corrected chi connectivity index (χ3v) is 4.83. The van der Waals surface area contributed by atoms with Crippen LogP contribution in [0.4, 0.5) is 0 Å². The molecule has 0 aliphatic rings. The van der Waals surface area contributed by atoms with Crippen LogP contribution in [0.1, 0.15) is 28.8 Å². The van der Waals surface area contributed by atoms with E-state index in [1.807, 2.05) is 6.92 Å². The lowest BCUT2D eigenvalue weighted by Crippen LogP contribution is -2.37. The number of aryl methyl sites for hydroxylation is 1. The molecule has 5 nitrogen and oxygen atoms in total. The SMILES string of the molecule is CCN(C)Cc1cccc(CNC(=NC)NCCc2csc(C)n2)c1.I. The molecule has 0 unspecified atom stereocenters. The lowest BCUT2D eigenvalue weighted by Gasteiger charge is -2.15. The van der Waals surface area contributed by atoms with Gasteiger partial charge < -0.3 is 15.5 Å². The highest BCUT2D eigenvalue weighted by Crippen LogP contribution is 2.08. The molecule has 0 amide bonds. The predicted molar refractivity (Wildman–Crippen MR) is 123 cm³/mol. The van der Waals surface area contributed by atoms with Gasteiger partial charge >= 0.3 is 0 Å². The molecule has 0 saturated carbocycles. The number of benzene rings is 1. The van der Waals surface area contributed by atoms with E-state index in [1.54, 1.807) is 18.4 Å². The molecular weight excluding hydrogens is 457 g/mol. The number of hydrogen-bond donors (Lipinski definition) is 2. The van der Waals surface area contributed by atoms with Crippen molar-refractivity contribution < 1.29 is 0 Å². The van der Waals surface area contributed by atoms with Crippen molar-refractivity contribution in [1.29, 1.82) is 0 Å². The number of halogens is 1. The number of hydrogen-bond acceptors (Lipinski definition) is 4. The minimum Gasteiger partial charge on any atom is -0.356 e. The second-order valence-corrected chi connectivity index (χ2v) is 7.17. The summed E-state index contributed by atoms with van der Waals surface area (Å²) in [5, 5.41) is 9.96. The van der Waals surface area contributed by atoms with Crippen LogP contribution in [-0.4, -0.2) is 43.0 Å². The smallest absolute Gasteiger partial charge is 0.191 e. The van der Waals surface area contributed by atoms with Crippen molar-refractivity contribution in [2.24, 2.45) is 4.99 Å². The molecule has 0 aliphatic carbocycles. The van der Waals surface area contributed by atoms with E-state index in [4.69, 9.17) is 0 Å². The Morgan fingerprint density at radius 2 is 2.04 bits per heavy atom. The normalized spacial score (nSPS) is 11.3. The van der Waals surface area contributed by atoms with E-state index in [9.17, 15) is 0 Å². The highest BCUT2D eigenvalue weighted by Gasteiger charge is 2.03. The summed E-state index contributed by atoms with van der Waals surface area (Å²) in [6.07, 6.45) is 0.907. The highest BCUT2D eigenvalue weighted by molar-refractivity contribution is 14.0. The van der Waals surface area contributed by atoms with E-state index in [0.717, 1.165) is 49.3 Å². The van der Waals surface area contributed by atoms with E-state index in [-0.39, 0.29) is 24.0 Å². The van der Waals surface area contributed by atoms with Gasteiger partial charge in [-0.05, 0) is 31.6 Å². The fourth-order valence-corrected chi connectivity index (χ4v) is 3.15. The molecule has 2 aromatic rings. The predicted octanol–water partition coefficient (Wildman–Crippen LogP) is 3.43. The standard InChI is InChI=1S/C19H29N5S.HI/c1-5-24(4)13-17-8-6-7-16(11-17)12-22-19(20-3)21-10-9-18-14-25-15(2)23-18;/h6-8,11,14H,5,9-10,12-13H2,1-4H3,(H2,20,21,22);1H. The van der Waals surface area contributed by atoms with Crippen molar-refractivity contribution in [3.63, 3.8) is 0 Å². The number of rotatable bonds is 8. The molecule has 7 heteroatoms. The Bertz CT molecular complexity index is 686. The summed E-state index contributed by atoms with van der Waals surface area (Å²) < 4.78 is 0. The van der Waals surface area contributed by atoms with Crippen LogP contribution in [0.2, 0.25) is 0 Å². The molecule has 1 aromatic carbocycles. The monoisotopic (exact) mass is 487 g/mol. The van der Waals surface area contributed by atoms with Gasteiger partial charge in [-0.25, -0.2) is 4.98 Å². The number of aromatic nitrogens is 1. The Balaban J connectivity index is 0.00000338. The van der Waals surface area contributed by atoms with Crippen LogP contribution in [0.25, 0.3) is 0 Å². The lowest BCUT2D eigenvalue weighted by molar-refractivity contribution is 0.345. The molecule has 1 heterocycles. The van der Waals surface area contributed by atoms with Crippen LogP contribution >= 0.6 is 35.3 Å². The van der Waals surface area contributed by atoms with E-state index < -0.39 is 0 Å². The van der Waals surface area contributed by atoms with Crippen molar-refractivity contribution in [1.82, 2.24) is 20.5 Å². The summed E-state index contributed by atoms with van der Waals surface area (Å²) in [5.41, 5.74) is 3.74. The zero-order valence-electron chi connectivity index (χ0n) is 16.1. The van der Waals surface area contributed by atoms with Crippen LogP contribution in [-0.2, 0) is 19.5 Å². The summed E-state index contributed by atoms with van der Waals surface area (Å²) in [6.45, 7) is 7.83. The van der Waals surface area contributed by atoms with Crippen molar-refractivity contribution >= 4 is 41.3 Å². The van der Waals surface area contributed by atoms with Crippen LogP contribution < -0.4 is 10.6 Å². The molecule has 144 valence electrons. The van der Waals surface area contributed by atoms with Crippen LogP contribution in [0.5, 0.6) is 0 Å². The van der Waals surface area contributed by atoms with Gasteiger partial charge in [-0.15, -0.1) is 35.3 Å². The van der Waals surface area contributed by atoms with Gasteiger partial charge in [0, 0.05) is 38.5 Å². The first-order chi connectivity index (χ1) is 12.1. The highest BCUT2D eigenvalue weighted by atomic mass is 127. The second kappa shape index (κ2) is 12.2. The molecule has 0 atom stereocenters. The maximum absolute atomic E-state index is 4.48. The average Bonchev–Trinajstić information content (AvgIpc) is 3.03. The molecule has 0 radical (unpaired) electrons. The molecule has 0 aliphatic heterocycles. The van der Waals surface area contributed by atoms with E-state index in [0.29, 0.717) is 0 Å². The minimum atomic E-state index is 0. The van der Waals surface area contributed by atoms with Gasteiger partial charge in [0.2, 0.25) is 0 Å². The first-order valence-corrected chi connectivity index (χ1v) is 9.60. The van der Waals surface area contributed by atoms with Crippen LogP contribution in [0.15, 0.2) is 34.6 Å². The van der Waals surface area contributed by atoms with Gasteiger partial charge in [-0.3, -0.25) is 4.99 Å². The summed E-state index contributed by atoms with van der Waals surface area (Å²) in [7, 11) is 3.94. The maximum Gasteiger partial charge on any atom is 0.191 e. The minimum absolute atomic E-state index is 0. The molecule has 26 heavy (non-hydrogen) atoms. The second-order valence-electron chi connectivity index (χ2n) is 6.11. The Hall–Kier alpha value is -1.19. The van der Waals surface area contributed by atoms with E-state index in [1.165, 1.54) is 11.1 Å². The number of nitrogens with one attached hydrogen (secondary N) is 2. The quantitative estimate of drug-likeness (QED) is 0.341. The van der Waals surface area contributed by atoms with Gasteiger partial charge in [-0.2, -0.15) is 0 Å². The van der Waals surface area contributed by atoms with E-state index >= 15 is 0 Å². The van der Waals surface area contributed by atoms with Crippen LogP contribution in [0, 0.1) is 6.92 Å². The number of guanidine groups is 1. The topological polar surface area (TPSA) is 52.5 Å². The molecule has 0 saturated heterocycles. The van der Waals surface area contributed by atoms with Crippen molar-refractivity contribution in [2.45, 2.75) is 33.4 Å². The summed E-state index contributed by atoms with van der Waals surface area (Å²) >= 11 is 1.70. The number of nitrogens with zero attached hydrogens (tertiary/aromatic N) is 3. The zero-order valence-corrected chi connectivity index (χ0v) is 19.2. The zero-order chi connectivity index (χ0) is 18.1. The number of aliphatic imine (C=N–C) groups is 1. The molecule has 0 spiro atoms. The van der Waals surface area contributed by atoms with Gasteiger partial charge in [0.15, 0.2) is 5.96 Å². The van der Waals surface area contributed by atoms with Crippen molar-refractivity contribution in [3.05, 3.63) is 51.5 Å². The Labute approximate surface area is 178 Å². The third-order valence-electron chi connectivity index (χ3n) is 4.01. The fraction of sp³-hybridized carbons (Fsp3) is 0.474. The molecule has 0 bridgehead atoms. The van der Waals surface area contributed by atoms with Gasteiger partial charge in [-0.1, -0.05) is 31.2 Å². The first-order valence-electron chi connectivity index (χ1n) is 8.72. The maximum atomic E-state index is 4.48. The summed E-state index contributed by atoms with van der Waals surface area (Å²) in [6, 6.07) is 8.70. The van der Waals surface area contributed by atoms with Gasteiger partial charge in [0.05, 0.1) is 10.7 Å². The first kappa shape index (κ1) is 22.9. The third kappa shape index (κ3) is 8.01. The molecule has 2 rings (SSSR count). The molecule has 1 aromatic heterocycles. The Morgan fingerprint density at radius 1 is 1.27 bits per heavy atom. The van der Waals surface area contributed by atoms with Crippen LogP contribution in [0.3, 0.4) is 0 Å². The lowest BCUT2D eigenvalue weighted by atomic mass is 10.1. The van der Waals surface area contributed by atoms with Crippen molar-refractivity contribution in [3.8, 4) is 0 Å². The van der Waals surface area contributed by atoms with Crippen molar-refractivity contribution in [2.75, 3.05) is 27.2 Å². The average molecular weight is 487 g/mol. The van der Waals surface area contributed by atoms with E-state index in [2.05, 4.69) is 69.1 Å². The van der Waals surface area contributed by atoms with Gasteiger partial charge in [0.1, 0.15) is 0 Å².